The minimum absolute atomic E-state index is 0.676. The number of pyridine rings is 1. The molecule has 0 N–H and O–H groups in total. The Morgan fingerprint density at radius 3 is 1.68 bits per heavy atom. The smallest absolute Gasteiger partial charge is 0.160 e. The average Bonchev–Trinajstić information content (AvgIpc) is 3.60. The van der Waals surface area contributed by atoms with Crippen molar-refractivity contribution in [3.05, 3.63) is 194 Å². The van der Waals surface area contributed by atoms with E-state index in [0.717, 1.165) is 77.9 Å². The van der Waals surface area contributed by atoms with Crippen LogP contribution in [0.15, 0.2) is 194 Å². The van der Waals surface area contributed by atoms with Crippen molar-refractivity contribution in [3.63, 3.8) is 0 Å². The van der Waals surface area contributed by atoms with Crippen LogP contribution in [0.2, 0.25) is 0 Å². The van der Waals surface area contributed by atoms with Crippen molar-refractivity contribution in [1.82, 2.24) is 19.5 Å². The fourth-order valence-electron chi connectivity index (χ4n) is 7.48. The molecule has 0 bridgehead atoms. The van der Waals surface area contributed by atoms with E-state index >= 15 is 0 Å². The van der Waals surface area contributed by atoms with E-state index in [9.17, 15) is 0 Å². The van der Waals surface area contributed by atoms with E-state index in [1.165, 1.54) is 10.9 Å². The van der Waals surface area contributed by atoms with E-state index < -0.39 is 0 Å². The summed E-state index contributed by atoms with van der Waals surface area (Å²) in [6.45, 7) is 0. The van der Waals surface area contributed by atoms with Gasteiger partial charge in [0, 0.05) is 44.1 Å². The zero-order valence-corrected chi connectivity index (χ0v) is 28.8. The Kier molecular flexibility index (Phi) is 7.43. The number of fused-ring (bicyclic) bond motifs is 5. The topological polar surface area (TPSA) is 43.6 Å². The van der Waals surface area contributed by atoms with Crippen LogP contribution in [0, 0.1) is 0 Å². The summed E-state index contributed by atoms with van der Waals surface area (Å²) in [6, 6.07) is 67.7. The second-order valence-electron chi connectivity index (χ2n) is 13.2. The average molecular weight is 677 g/mol. The summed E-state index contributed by atoms with van der Waals surface area (Å²) < 4.78 is 2.38. The van der Waals surface area contributed by atoms with Gasteiger partial charge in [0.05, 0.1) is 33.6 Å². The Morgan fingerprint density at radius 2 is 0.925 bits per heavy atom. The first-order valence-electron chi connectivity index (χ1n) is 17.9. The summed E-state index contributed by atoms with van der Waals surface area (Å²) in [7, 11) is 0. The number of hydrogen-bond donors (Lipinski definition) is 0. The van der Waals surface area contributed by atoms with Gasteiger partial charge in [0.2, 0.25) is 0 Å². The van der Waals surface area contributed by atoms with Crippen molar-refractivity contribution in [2.75, 3.05) is 0 Å². The van der Waals surface area contributed by atoms with E-state index in [-0.39, 0.29) is 0 Å². The van der Waals surface area contributed by atoms with Gasteiger partial charge in [0.25, 0.3) is 0 Å². The third-order valence-electron chi connectivity index (χ3n) is 10.00. The Hall–Kier alpha value is -7.17. The van der Waals surface area contributed by atoms with Crippen molar-refractivity contribution in [3.8, 4) is 62.0 Å². The van der Waals surface area contributed by atoms with Crippen molar-refractivity contribution >= 4 is 32.7 Å². The number of nitrogens with zero attached hydrogens (tertiary/aromatic N) is 4. The van der Waals surface area contributed by atoms with Gasteiger partial charge in [-0.3, -0.25) is 0 Å². The molecule has 3 heterocycles. The maximum Gasteiger partial charge on any atom is 0.160 e. The zero-order chi connectivity index (χ0) is 35.1. The molecule has 0 aliphatic rings. The second kappa shape index (κ2) is 12.9. The summed E-state index contributed by atoms with van der Waals surface area (Å²) in [6.07, 6.45) is 0. The zero-order valence-electron chi connectivity index (χ0n) is 28.8. The van der Waals surface area contributed by atoms with Crippen LogP contribution in [0.3, 0.4) is 0 Å². The van der Waals surface area contributed by atoms with Gasteiger partial charge in [0.15, 0.2) is 5.82 Å². The van der Waals surface area contributed by atoms with Gasteiger partial charge in [-0.05, 0) is 47.5 Å². The van der Waals surface area contributed by atoms with Crippen LogP contribution in [0.4, 0.5) is 0 Å². The Balaban J connectivity index is 1.14. The third kappa shape index (κ3) is 5.45. The molecule has 0 saturated heterocycles. The summed E-state index contributed by atoms with van der Waals surface area (Å²) in [5.74, 6) is 0.676. The molecule has 4 heteroatoms. The van der Waals surface area contributed by atoms with Gasteiger partial charge in [0.1, 0.15) is 0 Å². The van der Waals surface area contributed by atoms with E-state index in [2.05, 4.69) is 174 Å². The van der Waals surface area contributed by atoms with Crippen LogP contribution >= 0.6 is 0 Å². The molecule has 0 spiro atoms. The second-order valence-corrected chi connectivity index (χ2v) is 13.2. The van der Waals surface area contributed by atoms with Gasteiger partial charge in [-0.1, -0.05) is 158 Å². The number of aromatic nitrogens is 4. The quantitative estimate of drug-likeness (QED) is 0.176. The molecule has 0 atom stereocenters. The highest BCUT2D eigenvalue weighted by atomic mass is 15.0. The molecular formula is C49H32N4. The highest BCUT2D eigenvalue weighted by Crippen LogP contribution is 2.41. The van der Waals surface area contributed by atoms with Gasteiger partial charge in [-0.15, -0.1) is 0 Å². The normalized spacial score (nSPS) is 11.4. The number of benzene rings is 7. The SMILES string of the molecule is c1ccc(-c2cccc(-c3cc(-c4ccccc4)nc(-c4ccc(-c5nc6ccccc6c6c5c5ccccc5n6-c5ccccc5)cc4)n3)c2)cc1. The first-order chi connectivity index (χ1) is 26.3. The van der Waals surface area contributed by atoms with Gasteiger partial charge < -0.3 is 4.57 Å². The highest BCUT2D eigenvalue weighted by molar-refractivity contribution is 6.22. The van der Waals surface area contributed by atoms with E-state index in [1.54, 1.807) is 0 Å². The number of para-hydroxylation sites is 3. The van der Waals surface area contributed by atoms with E-state index in [0.29, 0.717) is 5.82 Å². The molecule has 53 heavy (non-hydrogen) atoms. The summed E-state index contributed by atoms with van der Waals surface area (Å²) in [5.41, 5.74) is 13.5. The lowest BCUT2D eigenvalue weighted by molar-refractivity contribution is 1.18. The minimum Gasteiger partial charge on any atom is -0.308 e. The number of hydrogen-bond acceptors (Lipinski definition) is 3. The maximum atomic E-state index is 5.33. The molecule has 0 saturated carbocycles. The predicted molar refractivity (Wildman–Crippen MR) is 219 cm³/mol. The van der Waals surface area contributed by atoms with Gasteiger partial charge in [-0.25, -0.2) is 15.0 Å². The fraction of sp³-hybridized carbons (Fsp3) is 0. The Bertz CT molecular complexity index is 2910. The molecule has 0 aliphatic heterocycles. The Morgan fingerprint density at radius 1 is 0.358 bits per heavy atom. The molecular weight excluding hydrogens is 645 g/mol. The van der Waals surface area contributed by atoms with Crippen LogP contribution in [0.5, 0.6) is 0 Å². The van der Waals surface area contributed by atoms with Crippen molar-refractivity contribution in [2.45, 2.75) is 0 Å². The predicted octanol–water partition coefficient (Wildman–Crippen LogP) is 12.5. The van der Waals surface area contributed by atoms with E-state index in [1.807, 2.05) is 24.3 Å². The van der Waals surface area contributed by atoms with Crippen molar-refractivity contribution in [2.24, 2.45) is 0 Å². The molecule has 0 fully saturated rings. The Labute approximate surface area is 307 Å². The first kappa shape index (κ1) is 30.6. The number of rotatable bonds is 6. The van der Waals surface area contributed by atoms with E-state index in [4.69, 9.17) is 15.0 Å². The molecule has 4 nitrogen and oxygen atoms in total. The minimum atomic E-state index is 0.676. The lowest BCUT2D eigenvalue weighted by Gasteiger charge is -2.12. The van der Waals surface area contributed by atoms with Crippen LogP contribution in [-0.2, 0) is 0 Å². The summed E-state index contributed by atoms with van der Waals surface area (Å²) in [5, 5.41) is 3.43. The molecule has 10 rings (SSSR count). The molecule has 0 amide bonds. The van der Waals surface area contributed by atoms with Crippen molar-refractivity contribution in [1.29, 1.82) is 0 Å². The van der Waals surface area contributed by atoms with Crippen LogP contribution in [0.25, 0.3) is 94.7 Å². The third-order valence-corrected chi connectivity index (χ3v) is 10.00. The van der Waals surface area contributed by atoms with Crippen LogP contribution in [-0.4, -0.2) is 19.5 Å². The summed E-state index contributed by atoms with van der Waals surface area (Å²) >= 11 is 0. The van der Waals surface area contributed by atoms with Gasteiger partial charge in [-0.2, -0.15) is 0 Å². The first-order valence-corrected chi connectivity index (χ1v) is 17.9. The molecule has 0 unspecified atom stereocenters. The lowest BCUT2D eigenvalue weighted by Crippen LogP contribution is -1.97. The van der Waals surface area contributed by atoms with Crippen molar-refractivity contribution < 1.29 is 0 Å². The standard InChI is InChI=1S/C49H32N4/c1-4-15-33(16-5-1)37-19-14-20-38(31-37)44-32-43(34-17-6-2-7-18-34)51-49(52-44)36-29-27-35(28-30-36)47-46-41-24-11-13-26-45(41)53(39-21-8-3-9-22-39)48(46)40-23-10-12-25-42(40)50-47/h1-32H. The van der Waals surface area contributed by atoms with Crippen LogP contribution in [0.1, 0.15) is 0 Å². The fourth-order valence-corrected chi connectivity index (χ4v) is 7.48. The largest absolute Gasteiger partial charge is 0.308 e. The van der Waals surface area contributed by atoms with Gasteiger partial charge >= 0.3 is 0 Å². The monoisotopic (exact) mass is 676 g/mol. The van der Waals surface area contributed by atoms with Crippen LogP contribution < -0.4 is 0 Å². The molecule has 7 aromatic carbocycles. The molecule has 248 valence electrons. The molecule has 0 aliphatic carbocycles. The summed E-state index contributed by atoms with van der Waals surface area (Å²) in [4.78, 5) is 15.6. The highest BCUT2D eigenvalue weighted by Gasteiger charge is 2.20. The maximum absolute atomic E-state index is 5.33. The molecule has 10 aromatic rings. The molecule has 0 radical (unpaired) electrons. The lowest BCUT2D eigenvalue weighted by atomic mass is 10.00. The molecule has 3 aromatic heterocycles.